The summed E-state index contributed by atoms with van der Waals surface area (Å²) in [5.41, 5.74) is 0.574. The zero-order valence-corrected chi connectivity index (χ0v) is 15.5. The predicted octanol–water partition coefficient (Wildman–Crippen LogP) is 2.04. The van der Waals surface area contributed by atoms with Gasteiger partial charge in [-0.15, -0.1) is 0 Å². The smallest absolute Gasteiger partial charge is 0.222 e. The molecule has 0 saturated heterocycles. The Morgan fingerprint density at radius 2 is 1.91 bits per heavy atom. The van der Waals surface area contributed by atoms with Crippen molar-refractivity contribution in [1.29, 1.82) is 0 Å². The van der Waals surface area contributed by atoms with Crippen LogP contribution >= 0.6 is 11.8 Å². The number of thioether (sulfide) groups is 1. The topological polar surface area (TPSA) is 53.5 Å². The summed E-state index contributed by atoms with van der Waals surface area (Å²) in [6.45, 7) is 2.15. The van der Waals surface area contributed by atoms with E-state index in [4.69, 9.17) is 0 Å². The van der Waals surface area contributed by atoms with Crippen molar-refractivity contribution in [2.24, 2.45) is 5.92 Å². The molecule has 5 nitrogen and oxygen atoms in total. The molecule has 1 amide bonds. The largest absolute Gasteiger partial charge is 0.349 e. The van der Waals surface area contributed by atoms with E-state index < -0.39 is 0 Å². The van der Waals surface area contributed by atoms with Gasteiger partial charge in [0.05, 0.1) is 0 Å². The lowest BCUT2D eigenvalue weighted by atomic mass is 9.97. The molecule has 0 saturated carbocycles. The van der Waals surface area contributed by atoms with Gasteiger partial charge in [0.25, 0.3) is 0 Å². The van der Waals surface area contributed by atoms with Gasteiger partial charge in [-0.1, -0.05) is 0 Å². The van der Waals surface area contributed by atoms with Crippen molar-refractivity contribution in [2.75, 3.05) is 39.7 Å². The molecule has 0 N–H and O–H groups in total. The Morgan fingerprint density at radius 3 is 2.43 bits per heavy atom. The Balaban J connectivity index is 2.73. The fraction of sp³-hybridized carbons (Fsp3) is 0.588. The van der Waals surface area contributed by atoms with Gasteiger partial charge < -0.3 is 9.80 Å². The molecule has 1 heterocycles. The van der Waals surface area contributed by atoms with Crippen molar-refractivity contribution in [2.45, 2.75) is 19.4 Å². The first-order chi connectivity index (χ1) is 10.8. The first-order valence-electron chi connectivity index (χ1n) is 7.71. The van der Waals surface area contributed by atoms with E-state index in [1.807, 2.05) is 14.1 Å². The summed E-state index contributed by atoms with van der Waals surface area (Å²) < 4.78 is 0. The number of nitrogens with zero attached hydrogens (tertiary/aromatic N) is 3. The van der Waals surface area contributed by atoms with Gasteiger partial charge >= 0.3 is 0 Å². The van der Waals surface area contributed by atoms with E-state index in [2.05, 4.69) is 16.8 Å². The highest BCUT2D eigenvalue weighted by Gasteiger charge is 2.24. The van der Waals surface area contributed by atoms with Crippen LogP contribution in [0.15, 0.2) is 24.5 Å². The van der Waals surface area contributed by atoms with Crippen LogP contribution in [0.3, 0.4) is 0 Å². The molecule has 6 heteroatoms. The van der Waals surface area contributed by atoms with Crippen molar-refractivity contribution in [1.82, 2.24) is 14.8 Å². The van der Waals surface area contributed by atoms with Crippen LogP contribution in [0.4, 0.5) is 0 Å². The molecule has 0 aliphatic rings. The van der Waals surface area contributed by atoms with Gasteiger partial charge in [-0.3, -0.25) is 14.6 Å². The molecular weight excluding hydrogens is 310 g/mol. The molecule has 1 aromatic rings. The molecule has 0 bridgehead atoms. The number of carbonyl (C=O) groups is 2. The second-order valence-corrected chi connectivity index (χ2v) is 7.22. The summed E-state index contributed by atoms with van der Waals surface area (Å²) in [5.74, 6) is 1.24. The molecule has 23 heavy (non-hydrogen) atoms. The van der Waals surface area contributed by atoms with Crippen LogP contribution in [-0.4, -0.2) is 72.2 Å². The van der Waals surface area contributed by atoms with E-state index in [1.54, 1.807) is 50.4 Å². The number of Topliss-reactive ketones (excluding diaryl/α,β-unsaturated/α-hetero) is 1. The number of carbonyl (C=O) groups excluding carboxylic acids is 2. The normalized spacial score (nSPS) is 13.7. The SMILES string of the molecule is CC(CSCC(CC(=O)N(C)C)C(=O)c1cccnc1)N(C)C. The van der Waals surface area contributed by atoms with Crippen LogP contribution < -0.4 is 0 Å². The third kappa shape index (κ3) is 6.71. The number of hydrogen-bond donors (Lipinski definition) is 0. The highest BCUT2D eigenvalue weighted by Crippen LogP contribution is 2.20. The molecule has 1 rings (SSSR count). The van der Waals surface area contributed by atoms with E-state index in [0.717, 1.165) is 5.75 Å². The van der Waals surface area contributed by atoms with Crippen molar-refractivity contribution >= 4 is 23.5 Å². The first kappa shape index (κ1) is 19.6. The van der Waals surface area contributed by atoms with Crippen molar-refractivity contribution in [3.63, 3.8) is 0 Å². The fourth-order valence-electron chi connectivity index (χ4n) is 1.89. The van der Waals surface area contributed by atoms with Crippen LogP contribution in [0, 0.1) is 5.92 Å². The second kappa shape index (κ2) is 9.67. The van der Waals surface area contributed by atoms with Crippen LogP contribution in [0.25, 0.3) is 0 Å². The van der Waals surface area contributed by atoms with Gasteiger partial charge in [0.1, 0.15) is 0 Å². The number of amides is 1. The minimum atomic E-state index is -0.312. The van der Waals surface area contributed by atoms with E-state index in [-0.39, 0.29) is 24.0 Å². The van der Waals surface area contributed by atoms with Gasteiger partial charge in [0.2, 0.25) is 5.91 Å². The van der Waals surface area contributed by atoms with Gasteiger partial charge in [-0.2, -0.15) is 11.8 Å². The van der Waals surface area contributed by atoms with Crippen LogP contribution in [-0.2, 0) is 4.79 Å². The van der Waals surface area contributed by atoms with Gasteiger partial charge in [0.15, 0.2) is 5.78 Å². The first-order valence-corrected chi connectivity index (χ1v) is 8.87. The lowest BCUT2D eigenvalue weighted by Gasteiger charge is -2.21. The highest BCUT2D eigenvalue weighted by molar-refractivity contribution is 7.99. The molecule has 0 spiro atoms. The van der Waals surface area contributed by atoms with Crippen LogP contribution in [0.2, 0.25) is 0 Å². The maximum absolute atomic E-state index is 12.7. The van der Waals surface area contributed by atoms with E-state index in [0.29, 0.717) is 17.4 Å². The van der Waals surface area contributed by atoms with Crippen molar-refractivity contribution in [3.05, 3.63) is 30.1 Å². The molecule has 0 radical (unpaired) electrons. The minimum absolute atomic E-state index is 0.00157. The maximum Gasteiger partial charge on any atom is 0.222 e. The Kier molecular flexibility index (Phi) is 8.26. The zero-order chi connectivity index (χ0) is 17.4. The summed E-state index contributed by atoms with van der Waals surface area (Å²) in [5, 5.41) is 0. The van der Waals surface area contributed by atoms with Gasteiger partial charge in [0, 0.05) is 61.9 Å². The predicted molar refractivity (Wildman–Crippen MR) is 95.8 cm³/mol. The molecule has 1 aromatic heterocycles. The minimum Gasteiger partial charge on any atom is -0.349 e. The molecule has 0 aromatic carbocycles. The maximum atomic E-state index is 12.7. The number of ketones is 1. The summed E-state index contributed by atoms with van der Waals surface area (Å²) >= 11 is 1.72. The number of rotatable bonds is 9. The quantitative estimate of drug-likeness (QED) is 0.646. The molecule has 2 atom stereocenters. The summed E-state index contributed by atoms with van der Waals surface area (Å²) in [6, 6.07) is 3.94. The summed E-state index contributed by atoms with van der Waals surface area (Å²) in [7, 11) is 7.52. The third-order valence-corrected chi connectivity index (χ3v) is 5.15. The number of hydrogen-bond acceptors (Lipinski definition) is 5. The lowest BCUT2D eigenvalue weighted by Crippen LogP contribution is -2.30. The molecule has 0 aliphatic carbocycles. The summed E-state index contributed by atoms with van der Waals surface area (Å²) in [4.78, 5) is 32.4. The Hall–Kier alpha value is -1.40. The molecule has 2 unspecified atom stereocenters. The van der Waals surface area contributed by atoms with E-state index in [1.165, 1.54) is 4.90 Å². The number of pyridine rings is 1. The average molecular weight is 337 g/mol. The molecular formula is C17H27N3O2S. The highest BCUT2D eigenvalue weighted by atomic mass is 32.2. The summed E-state index contributed by atoms with van der Waals surface area (Å²) in [6.07, 6.45) is 3.46. The standard InChI is InChI=1S/C17H27N3O2S/c1-13(19(2)3)11-23-12-15(9-16(21)20(4)5)17(22)14-7-6-8-18-10-14/h6-8,10,13,15H,9,11-12H2,1-5H3. The molecule has 128 valence electrons. The Bertz CT molecular complexity index is 506. The number of aromatic nitrogens is 1. The molecule has 0 fully saturated rings. The van der Waals surface area contributed by atoms with E-state index in [9.17, 15) is 9.59 Å². The molecule has 0 aliphatic heterocycles. The zero-order valence-electron chi connectivity index (χ0n) is 14.7. The van der Waals surface area contributed by atoms with Crippen molar-refractivity contribution in [3.8, 4) is 0 Å². The van der Waals surface area contributed by atoms with Gasteiger partial charge in [-0.25, -0.2) is 0 Å². The van der Waals surface area contributed by atoms with Crippen LogP contribution in [0.1, 0.15) is 23.7 Å². The second-order valence-electron chi connectivity index (χ2n) is 6.15. The average Bonchev–Trinajstić information content (AvgIpc) is 2.53. The Labute approximate surface area is 143 Å². The van der Waals surface area contributed by atoms with Crippen LogP contribution in [0.5, 0.6) is 0 Å². The van der Waals surface area contributed by atoms with Gasteiger partial charge in [-0.05, 0) is 33.2 Å². The van der Waals surface area contributed by atoms with E-state index >= 15 is 0 Å². The lowest BCUT2D eigenvalue weighted by molar-refractivity contribution is -0.129. The third-order valence-electron chi connectivity index (χ3n) is 3.80. The fourth-order valence-corrected chi connectivity index (χ4v) is 3.22. The Morgan fingerprint density at radius 1 is 1.22 bits per heavy atom. The monoisotopic (exact) mass is 337 g/mol. The van der Waals surface area contributed by atoms with Crippen molar-refractivity contribution < 1.29 is 9.59 Å².